The Bertz CT molecular complexity index is 417. The van der Waals surface area contributed by atoms with Crippen molar-refractivity contribution in [2.24, 2.45) is 11.8 Å². The Labute approximate surface area is 107 Å². The molecule has 0 saturated carbocycles. The molecule has 2 atom stereocenters. The zero-order valence-corrected chi connectivity index (χ0v) is 11.2. The molecule has 0 aromatic rings. The number of carbonyl (C=O) groups excluding carboxylic acids is 1. The van der Waals surface area contributed by atoms with Crippen LogP contribution in [0.15, 0.2) is 0 Å². The number of carbonyl (C=O) groups is 2. The molecule has 0 radical (unpaired) electrons. The number of hydrogen-bond acceptors (Lipinski definition) is 4. The van der Waals surface area contributed by atoms with Crippen LogP contribution in [0.3, 0.4) is 0 Å². The lowest BCUT2D eigenvalue weighted by Gasteiger charge is -2.12. The highest BCUT2D eigenvalue weighted by molar-refractivity contribution is 7.91. The van der Waals surface area contributed by atoms with E-state index in [9.17, 15) is 18.0 Å². The molecule has 1 rings (SSSR count). The van der Waals surface area contributed by atoms with Gasteiger partial charge in [-0.3, -0.25) is 9.59 Å². The van der Waals surface area contributed by atoms with Crippen LogP contribution >= 0.6 is 0 Å². The standard InChI is InChI=1S/C11H19NO5S/c1-8(4-11(14)15)6-12-10(13)5-9-2-3-18(16,17)7-9/h8-9H,2-7H2,1H3,(H,12,13)(H,14,15). The maximum atomic E-state index is 11.5. The van der Waals surface area contributed by atoms with Gasteiger partial charge in [0.25, 0.3) is 0 Å². The van der Waals surface area contributed by atoms with Crippen LogP contribution in [0.4, 0.5) is 0 Å². The second-order valence-electron chi connectivity index (χ2n) is 4.98. The lowest BCUT2D eigenvalue weighted by molar-refractivity contribution is -0.138. The summed E-state index contributed by atoms with van der Waals surface area (Å²) in [5.41, 5.74) is 0. The van der Waals surface area contributed by atoms with E-state index in [1.54, 1.807) is 6.92 Å². The first-order valence-corrected chi connectivity index (χ1v) is 7.79. The quantitative estimate of drug-likeness (QED) is 0.714. The van der Waals surface area contributed by atoms with Gasteiger partial charge in [-0.2, -0.15) is 0 Å². The summed E-state index contributed by atoms with van der Waals surface area (Å²) in [6, 6.07) is 0. The molecule has 2 unspecified atom stereocenters. The first kappa shape index (κ1) is 14.9. The average molecular weight is 277 g/mol. The van der Waals surface area contributed by atoms with E-state index in [1.807, 2.05) is 0 Å². The fourth-order valence-electron chi connectivity index (χ4n) is 2.03. The van der Waals surface area contributed by atoms with Gasteiger partial charge in [0.2, 0.25) is 5.91 Å². The van der Waals surface area contributed by atoms with Gasteiger partial charge in [-0.1, -0.05) is 6.92 Å². The molecule has 0 aromatic heterocycles. The fraction of sp³-hybridized carbons (Fsp3) is 0.818. The van der Waals surface area contributed by atoms with Gasteiger partial charge in [0, 0.05) is 19.4 Å². The van der Waals surface area contributed by atoms with Crippen molar-refractivity contribution >= 4 is 21.7 Å². The van der Waals surface area contributed by atoms with Gasteiger partial charge >= 0.3 is 5.97 Å². The largest absolute Gasteiger partial charge is 0.481 e. The van der Waals surface area contributed by atoms with Crippen molar-refractivity contribution in [1.82, 2.24) is 5.32 Å². The Balaban J connectivity index is 2.24. The summed E-state index contributed by atoms with van der Waals surface area (Å²) >= 11 is 0. The second kappa shape index (κ2) is 6.17. The zero-order valence-electron chi connectivity index (χ0n) is 10.4. The first-order valence-electron chi connectivity index (χ1n) is 5.97. The summed E-state index contributed by atoms with van der Waals surface area (Å²) in [6.07, 6.45) is 0.761. The Morgan fingerprint density at radius 2 is 2.11 bits per heavy atom. The SMILES string of the molecule is CC(CNC(=O)CC1CCS(=O)(=O)C1)CC(=O)O. The summed E-state index contributed by atoms with van der Waals surface area (Å²) in [4.78, 5) is 22.0. The van der Waals surface area contributed by atoms with Crippen molar-refractivity contribution in [3.05, 3.63) is 0 Å². The van der Waals surface area contributed by atoms with Crippen molar-refractivity contribution in [1.29, 1.82) is 0 Å². The normalized spacial score (nSPS) is 23.5. The number of nitrogens with one attached hydrogen (secondary N) is 1. The van der Waals surface area contributed by atoms with E-state index >= 15 is 0 Å². The predicted octanol–water partition coefficient (Wildman–Crippen LogP) is 0.0382. The van der Waals surface area contributed by atoms with Crippen LogP contribution in [0.1, 0.15) is 26.2 Å². The predicted molar refractivity (Wildman–Crippen MR) is 65.8 cm³/mol. The molecule has 0 aromatic carbocycles. The summed E-state index contributed by atoms with van der Waals surface area (Å²) in [5.74, 6) is -1.05. The monoisotopic (exact) mass is 277 g/mol. The number of amides is 1. The number of sulfone groups is 1. The average Bonchev–Trinajstić information content (AvgIpc) is 2.54. The van der Waals surface area contributed by atoms with E-state index < -0.39 is 15.8 Å². The lowest BCUT2D eigenvalue weighted by atomic mass is 10.0. The van der Waals surface area contributed by atoms with E-state index in [-0.39, 0.29) is 42.1 Å². The van der Waals surface area contributed by atoms with E-state index in [2.05, 4.69) is 5.32 Å². The smallest absolute Gasteiger partial charge is 0.303 e. The minimum absolute atomic E-state index is 0.0120. The molecular weight excluding hydrogens is 258 g/mol. The van der Waals surface area contributed by atoms with Gasteiger partial charge in [-0.15, -0.1) is 0 Å². The summed E-state index contributed by atoms with van der Waals surface area (Å²) < 4.78 is 22.4. The van der Waals surface area contributed by atoms with Crippen molar-refractivity contribution < 1.29 is 23.1 Å². The lowest BCUT2D eigenvalue weighted by Crippen LogP contribution is -2.30. The molecule has 18 heavy (non-hydrogen) atoms. The fourth-order valence-corrected chi connectivity index (χ4v) is 3.89. The number of hydrogen-bond donors (Lipinski definition) is 2. The minimum Gasteiger partial charge on any atom is -0.481 e. The maximum Gasteiger partial charge on any atom is 0.303 e. The van der Waals surface area contributed by atoms with Crippen LogP contribution in [0.2, 0.25) is 0 Å². The molecule has 7 heteroatoms. The summed E-state index contributed by atoms with van der Waals surface area (Å²) in [7, 11) is -2.95. The highest BCUT2D eigenvalue weighted by Gasteiger charge is 2.29. The van der Waals surface area contributed by atoms with Gasteiger partial charge in [0.1, 0.15) is 0 Å². The summed E-state index contributed by atoms with van der Waals surface area (Å²) in [5, 5.41) is 11.2. The number of carboxylic acid groups (broad SMARTS) is 1. The third kappa shape index (κ3) is 5.48. The number of rotatable bonds is 6. The van der Waals surface area contributed by atoms with Crippen LogP contribution in [0.5, 0.6) is 0 Å². The van der Waals surface area contributed by atoms with Crippen LogP contribution in [0.25, 0.3) is 0 Å². The van der Waals surface area contributed by atoms with E-state index in [4.69, 9.17) is 5.11 Å². The zero-order chi connectivity index (χ0) is 13.8. The Morgan fingerprint density at radius 3 is 2.61 bits per heavy atom. The first-order chi connectivity index (χ1) is 8.28. The Morgan fingerprint density at radius 1 is 1.44 bits per heavy atom. The highest BCUT2D eigenvalue weighted by atomic mass is 32.2. The molecule has 1 heterocycles. The third-order valence-electron chi connectivity index (χ3n) is 2.97. The maximum absolute atomic E-state index is 11.5. The van der Waals surface area contributed by atoms with Crippen molar-refractivity contribution in [2.75, 3.05) is 18.1 Å². The number of aliphatic carboxylic acids is 1. The third-order valence-corrected chi connectivity index (χ3v) is 4.81. The molecule has 1 aliphatic heterocycles. The Kier molecular flexibility index (Phi) is 5.13. The molecule has 1 fully saturated rings. The molecule has 6 nitrogen and oxygen atoms in total. The van der Waals surface area contributed by atoms with Gasteiger partial charge < -0.3 is 10.4 Å². The van der Waals surface area contributed by atoms with Crippen LogP contribution in [-0.2, 0) is 19.4 Å². The molecule has 0 spiro atoms. The molecule has 1 amide bonds. The van der Waals surface area contributed by atoms with Gasteiger partial charge in [-0.25, -0.2) is 8.42 Å². The second-order valence-corrected chi connectivity index (χ2v) is 7.21. The van der Waals surface area contributed by atoms with Crippen molar-refractivity contribution in [2.45, 2.75) is 26.2 Å². The van der Waals surface area contributed by atoms with Crippen LogP contribution in [-0.4, -0.2) is 43.5 Å². The minimum atomic E-state index is -2.95. The topological polar surface area (TPSA) is 101 Å². The molecule has 0 bridgehead atoms. The van der Waals surface area contributed by atoms with E-state index in [0.717, 1.165) is 0 Å². The van der Waals surface area contributed by atoms with E-state index in [1.165, 1.54) is 0 Å². The van der Waals surface area contributed by atoms with Crippen molar-refractivity contribution in [3.63, 3.8) is 0 Å². The summed E-state index contributed by atoms with van der Waals surface area (Å²) in [6.45, 7) is 2.05. The van der Waals surface area contributed by atoms with Gasteiger partial charge in [-0.05, 0) is 18.3 Å². The molecule has 1 saturated heterocycles. The Hall–Kier alpha value is -1.11. The molecule has 0 aliphatic carbocycles. The van der Waals surface area contributed by atoms with Crippen LogP contribution in [0, 0.1) is 11.8 Å². The van der Waals surface area contributed by atoms with Crippen LogP contribution < -0.4 is 5.32 Å². The molecule has 2 N–H and O–H groups in total. The number of carboxylic acids is 1. The molecule has 1 aliphatic rings. The van der Waals surface area contributed by atoms with Gasteiger partial charge in [0.05, 0.1) is 11.5 Å². The molecular formula is C11H19NO5S. The van der Waals surface area contributed by atoms with Crippen molar-refractivity contribution in [3.8, 4) is 0 Å². The van der Waals surface area contributed by atoms with E-state index in [0.29, 0.717) is 13.0 Å². The van der Waals surface area contributed by atoms with Gasteiger partial charge in [0.15, 0.2) is 9.84 Å². The molecule has 104 valence electrons. The highest BCUT2D eigenvalue weighted by Crippen LogP contribution is 2.21.